The van der Waals surface area contributed by atoms with Gasteiger partial charge in [-0.2, -0.15) is 0 Å². The summed E-state index contributed by atoms with van der Waals surface area (Å²) in [5.74, 6) is 0.344. The van der Waals surface area contributed by atoms with Gasteiger partial charge in [0.1, 0.15) is 0 Å². The summed E-state index contributed by atoms with van der Waals surface area (Å²) in [6, 6.07) is 14.1. The second-order valence-corrected chi connectivity index (χ2v) is 8.68. The van der Waals surface area contributed by atoms with Crippen molar-refractivity contribution in [3.05, 3.63) is 65.5 Å². The zero-order chi connectivity index (χ0) is 21.0. The van der Waals surface area contributed by atoms with Gasteiger partial charge in [-0.05, 0) is 37.5 Å². The first-order valence-corrected chi connectivity index (χ1v) is 11.1. The molecular formula is C25H31N3O2. The van der Waals surface area contributed by atoms with Crippen molar-refractivity contribution < 1.29 is 9.59 Å². The highest BCUT2D eigenvalue weighted by Gasteiger charge is 2.44. The van der Waals surface area contributed by atoms with E-state index >= 15 is 0 Å². The van der Waals surface area contributed by atoms with Crippen LogP contribution in [0.3, 0.4) is 0 Å². The van der Waals surface area contributed by atoms with Gasteiger partial charge in [0, 0.05) is 38.1 Å². The van der Waals surface area contributed by atoms with Crippen molar-refractivity contribution in [1.29, 1.82) is 0 Å². The van der Waals surface area contributed by atoms with Crippen LogP contribution < -0.4 is 0 Å². The van der Waals surface area contributed by atoms with E-state index in [0.29, 0.717) is 32.6 Å². The molecule has 5 nitrogen and oxygen atoms in total. The maximum atomic E-state index is 13.8. The fourth-order valence-electron chi connectivity index (χ4n) is 4.96. The van der Waals surface area contributed by atoms with E-state index in [1.807, 2.05) is 28.0 Å². The Hall–Kier alpha value is -2.69. The average molecular weight is 406 g/mol. The number of benzene rings is 1. The predicted octanol–water partition coefficient (Wildman–Crippen LogP) is 3.51. The Labute approximate surface area is 179 Å². The molecule has 2 heterocycles. The number of pyridine rings is 1. The van der Waals surface area contributed by atoms with Crippen LogP contribution >= 0.6 is 0 Å². The van der Waals surface area contributed by atoms with Crippen LogP contribution in [0, 0.1) is 6.92 Å². The van der Waals surface area contributed by atoms with Crippen molar-refractivity contribution in [3.8, 4) is 0 Å². The van der Waals surface area contributed by atoms with E-state index in [1.165, 1.54) is 17.5 Å². The van der Waals surface area contributed by atoms with Crippen molar-refractivity contribution in [1.82, 2.24) is 14.8 Å². The minimum atomic E-state index is -0.398. The summed E-state index contributed by atoms with van der Waals surface area (Å²) < 4.78 is 0. The lowest BCUT2D eigenvalue weighted by Gasteiger charge is -2.43. The molecule has 0 N–H and O–H groups in total. The first kappa shape index (κ1) is 20.6. The molecule has 30 heavy (non-hydrogen) atoms. The normalized spacial score (nSPS) is 18.8. The molecule has 1 saturated heterocycles. The molecule has 0 atom stereocenters. The van der Waals surface area contributed by atoms with Crippen LogP contribution in [0.4, 0.5) is 0 Å². The van der Waals surface area contributed by atoms with E-state index in [-0.39, 0.29) is 11.8 Å². The van der Waals surface area contributed by atoms with Crippen LogP contribution in [-0.2, 0) is 21.4 Å². The molecule has 0 radical (unpaired) electrons. The molecule has 1 aromatic heterocycles. The van der Waals surface area contributed by atoms with Crippen LogP contribution in [0.1, 0.15) is 48.9 Å². The van der Waals surface area contributed by atoms with Crippen LogP contribution in [0.2, 0.25) is 0 Å². The predicted molar refractivity (Wildman–Crippen MR) is 117 cm³/mol. The molecule has 2 aliphatic rings. The molecule has 1 aliphatic carbocycles. The molecule has 2 fully saturated rings. The van der Waals surface area contributed by atoms with Gasteiger partial charge in [-0.15, -0.1) is 0 Å². The number of hydrogen-bond donors (Lipinski definition) is 0. The highest BCUT2D eigenvalue weighted by atomic mass is 16.2. The zero-order valence-electron chi connectivity index (χ0n) is 17.8. The Bertz CT molecular complexity index is 882. The summed E-state index contributed by atoms with van der Waals surface area (Å²) in [6.07, 6.45) is 7.29. The lowest BCUT2D eigenvalue weighted by atomic mass is 9.68. The SMILES string of the molecule is Cc1cccc(C2(C(=O)N3CCN(C(=O)Cc4ccccn4)CC3)CCCCC2)c1. The number of piperazine rings is 1. The Morgan fingerprint density at radius 1 is 0.933 bits per heavy atom. The van der Waals surface area contributed by atoms with Gasteiger partial charge >= 0.3 is 0 Å². The van der Waals surface area contributed by atoms with Gasteiger partial charge in [0.25, 0.3) is 0 Å². The highest BCUT2D eigenvalue weighted by molar-refractivity contribution is 5.89. The lowest BCUT2D eigenvalue weighted by Crippen LogP contribution is -2.56. The molecule has 158 valence electrons. The monoisotopic (exact) mass is 405 g/mol. The molecular weight excluding hydrogens is 374 g/mol. The first-order chi connectivity index (χ1) is 14.6. The van der Waals surface area contributed by atoms with Crippen molar-refractivity contribution in [2.45, 2.75) is 50.9 Å². The summed E-state index contributed by atoms with van der Waals surface area (Å²) >= 11 is 0. The van der Waals surface area contributed by atoms with Crippen molar-refractivity contribution in [3.63, 3.8) is 0 Å². The molecule has 5 heteroatoms. The molecule has 0 bridgehead atoms. The minimum absolute atomic E-state index is 0.0897. The average Bonchev–Trinajstić information content (AvgIpc) is 2.80. The summed E-state index contributed by atoms with van der Waals surface area (Å²) in [5, 5.41) is 0. The van der Waals surface area contributed by atoms with Gasteiger partial charge in [-0.1, -0.05) is 55.2 Å². The molecule has 1 saturated carbocycles. The minimum Gasteiger partial charge on any atom is -0.339 e. The molecule has 4 rings (SSSR count). The number of rotatable bonds is 4. The lowest BCUT2D eigenvalue weighted by molar-refractivity contribution is -0.144. The Morgan fingerprint density at radius 2 is 1.67 bits per heavy atom. The third-order valence-electron chi connectivity index (χ3n) is 6.67. The Balaban J connectivity index is 1.44. The van der Waals surface area contributed by atoms with Crippen molar-refractivity contribution in [2.75, 3.05) is 26.2 Å². The van der Waals surface area contributed by atoms with Gasteiger partial charge in [0.2, 0.25) is 11.8 Å². The third-order valence-corrected chi connectivity index (χ3v) is 6.67. The fourth-order valence-corrected chi connectivity index (χ4v) is 4.96. The standard InChI is InChI=1S/C25H31N3O2/c1-20-8-7-9-21(18-20)25(11-4-2-5-12-25)24(30)28-16-14-27(15-17-28)23(29)19-22-10-3-6-13-26-22/h3,6-10,13,18H,2,4-5,11-12,14-17,19H2,1H3. The number of hydrogen-bond acceptors (Lipinski definition) is 3. The Morgan fingerprint density at radius 3 is 2.33 bits per heavy atom. The van der Waals surface area contributed by atoms with Gasteiger partial charge in [0.05, 0.1) is 11.8 Å². The second kappa shape index (κ2) is 8.99. The molecule has 0 spiro atoms. The first-order valence-electron chi connectivity index (χ1n) is 11.1. The highest BCUT2D eigenvalue weighted by Crippen LogP contribution is 2.41. The largest absolute Gasteiger partial charge is 0.339 e. The van der Waals surface area contributed by atoms with Gasteiger partial charge in [0.15, 0.2) is 0 Å². The van der Waals surface area contributed by atoms with E-state index in [2.05, 4.69) is 36.2 Å². The van der Waals surface area contributed by atoms with Crippen LogP contribution in [-0.4, -0.2) is 52.8 Å². The third kappa shape index (κ3) is 4.25. The second-order valence-electron chi connectivity index (χ2n) is 8.68. The van der Waals surface area contributed by atoms with E-state index in [1.54, 1.807) is 6.20 Å². The number of aryl methyl sites for hydroxylation is 1. The van der Waals surface area contributed by atoms with E-state index in [0.717, 1.165) is 31.4 Å². The fraction of sp³-hybridized carbons (Fsp3) is 0.480. The maximum Gasteiger partial charge on any atom is 0.233 e. The number of amides is 2. The topological polar surface area (TPSA) is 53.5 Å². The number of nitrogens with zero attached hydrogens (tertiary/aromatic N) is 3. The quantitative estimate of drug-likeness (QED) is 0.782. The van der Waals surface area contributed by atoms with Gasteiger partial charge in [-0.3, -0.25) is 14.6 Å². The van der Waals surface area contributed by atoms with E-state index in [9.17, 15) is 9.59 Å². The van der Waals surface area contributed by atoms with Crippen molar-refractivity contribution >= 4 is 11.8 Å². The van der Waals surface area contributed by atoms with Crippen LogP contribution in [0.25, 0.3) is 0 Å². The zero-order valence-corrected chi connectivity index (χ0v) is 17.8. The molecule has 1 aliphatic heterocycles. The number of carbonyl (C=O) groups is 2. The summed E-state index contributed by atoms with van der Waals surface area (Å²) in [6.45, 7) is 4.51. The molecule has 0 unspecified atom stereocenters. The van der Waals surface area contributed by atoms with Crippen LogP contribution in [0.15, 0.2) is 48.7 Å². The van der Waals surface area contributed by atoms with Gasteiger partial charge in [-0.25, -0.2) is 0 Å². The summed E-state index contributed by atoms with van der Waals surface area (Å²) in [7, 11) is 0. The Kier molecular flexibility index (Phi) is 6.16. The van der Waals surface area contributed by atoms with E-state index in [4.69, 9.17) is 0 Å². The summed E-state index contributed by atoms with van der Waals surface area (Å²) in [4.78, 5) is 34.5. The van der Waals surface area contributed by atoms with Crippen molar-refractivity contribution in [2.24, 2.45) is 0 Å². The number of carbonyl (C=O) groups excluding carboxylic acids is 2. The van der Waals surface area contributed by atoms with E-state index < -0.39 is 5.41 Å². The van der Waals surface area contributed by atoms with Gasteiger partial charge < -0.3 is 9.80 Å². The molecule has 2 aromatic rings. The number of aromatic nitrogens is 1. The van der Waals surface area contributed by atoms with Crippen LogP contribution in [0.5, 0.6) is 0 Å². The summed E-state index contributed by atoms with van der Waals surface area (Å²) in [5.41, 5.74) is 2.77. The molecule has 1 aromatic carbocycles. The molecule has 2 amide bonds. The smallest absolute Gasteiger partial charge is 0.233 e. The maximum absolute atomic E-state index is 13.8.